The van der Waals surface area contributed by atoms with E-state index in [1.54, 1.807) is 22.9 Å². The lowest BCUT2D eigenvalue weighted by Gasteiger charge is -2.29. The first-order valence-electron chi connectivity index (χ1n) is 9.41. The fourth-order valence-electron chi connectivity index (χ4n) is 3.69. The molecule has 2 unspecified atom stereocenters. The van der Waals surface area contributed by atoms with Crippen molar-refractivity contribution in [1.82, 2.24) is 15.2 Å². The van der Waals surface area contributed by atoms with Crippen molar-refractivity contribution in [2.24, 2.45) is 0 Å². The van der Waals surface area contributed by atoms with Crippen LogP contribution in [0.25, 0.3) is 0 Å². The average molecular weight is 398 g/mol. The van der Waals surface area contributed by atoms with Gasteiger partial charge in [-0.3, -0.25) is 9.59 Å². The summed E-state index contributed by atoms with van der Waals surface area (Å²) in [6.07, 6.45) is 3.01. The lowest BCUT2D eigenvalue weighted by Crippen LogP contribution is -2.49. The van der Waals surface area contributed by atoms with E-state index in [0.29, 0.717) is 31.2 Å². The summed E-state index contributed by atoms with van der Waals surface area (Å²) in [5.41, 5.74) is 1.98. The SMILES string of the molecule is CC12CCC(=O)N1C(C(=O)NCc1ccnc(OCc3ccccc3)c1)CS2. The maximum absolute atomic E-state index is 12.7. The van der Waals surface area contributed by atoms with Crippen molar-refractivity contribution >= 4 is 23.6 Å². The number of amides is 2. The second kappa shape index (κ2) is 7.83. The molecule has 2 atom stereocenters. The van der Waals surface area contributed by atoms with Gasteiger partial charge in [0.2, 0.25) is 17.7 Å². The largest absolute Gasteiger partial charge is 0.473 e. The van der Waals surface area contributed by atoms with E-state index in [0.717, 1.165) is 17.5 Å². The maximum Gasteiger partial charge on any atom is 0.243 e. The van der Waals surface area contributed by atoms with Crippen molar-refractivity contribution < 1.29 is 14.3 Å². The molecular weight excluding hydrogens is 374 g/mol. The molecule has 1 aromatic carbocycles. The van der Waals surface area contributed by atoms with E-state index >= 15 is 0 Å². The van der Waals surface area contributed by atoms with Gasteiger partial charge >= 0.3 is 0 Å². The van der Waals surface area contributed by atoms with Gasteiger partial charge in [0, 0.05) is 31.0 Å². The summed E-state index contributed by atoms with van der Waals surface area (Å²) in [7, 11) is 0. The van der Waals surface area contributed by atoms with Gasteiger partial charge in [-0.15, -0.1) is 11.8 Å². The average Bonchev–Trinajstić information content (AvgIpc) is 3.21. The Morgan fingerprint density at radius 2 is 2.14 bits per heavy atom. The van der Waals surface area contributed by atoms with Crippen LogP contribution in [0.15, 0.2) is 48.7 Å². The normalized spacial score (nSPS) is 23.5. The van der Waals surface area contributed by atoms with Crippen LogP contribution in [0.2, 0.25) is 0 Å². The number of hydrogen-bond donors (Lipinski definition) is 1. The first-order valence-corrected chi connectivity index (χ1v) is 10.4. The van der Waals surface area contributed by atoms with E-state index in [4.69, 9.17) is 4.74 Å². The van der Waals surface area contributed by atoms with Gasteiger partial charge < -0.3 is 15.0 Å². The van der Waals surface area contributed by atoms with Crippen LogP contribution in [-0.2, 0) is 22.7 Å². The fourth-order valence-corrected chi connectivity index (χ4v) is 5.12. The third kappa shape index (κ3) is 3.85. The number of thioether (sulfide) groups is 1. The first kappa shape index (κ1) is 18.8. The molecule has 28 heavy (non-hydrogen) atoms. The minimum absolute atomic E-state index is 0.0770. The van der Waals surface area contributed by atoms with E-state index in [9.17, 15) is 9.59 Å². The molecule has 3 heterocycles. The van der Waals surface area contributed by atoms with Crippen molar-refractivity contribution in [3.8, 4) is 5.88 Å². The summed E-state index contributed by atoms with van der Waals surface area (Å²) in [6.45, 7) is 2.87. The van der Waals surface area contributed by atoms with Crippen LogP contribution in [-0.4, -0.2) is 38.4 Å². The number of nitrogens with zero attached hydrogens (tertiary/aromatic N) is 2. The Kier molecular flexibility index (Phi) is 5.26. The van der Waals surface area contributed by atoms with Crippen molar-refractivity contribution in [3.05, 3.63) is 59.8 Å². The summed E-state index contributed by atoms with van der Waals surface area (Å²) in [5.74, 6) is 1.15. The number of carbonyl (C=O) groups is 2. The monoisotopic (exact) mass is 397 g/mol. The van der Waals surface area contributed by atoms with Gasteiger partial charge in [0.1, 0.15) is 12.6 Å². The molecule has 0 bridgehead atoms. The summed E-state index contributed by atoms with van der Waals surface area (Å²) < 4.78 is 5.74. The van der Waals surface area contributed by atoms with Gasteiger partial charge in [-0.2, -0.15) is 0 Å². The van der Waals surface area contributed by atoms with Gasteiger partial charge in [0.15, 0.2) is 0 Å². The number of carbonyl (C=O) groups excluding carboxylic acids is 2. The molecule has 1 N–H and O–H groups in total. The highest BCUT2D eigenvalue weighted by molar-refractivity contribution is 8.01. The number of aromatic nitrogens is 1. The van der Waals surface area contributed by atoms with Gasteiger partial charge in [0.25, 0.3) is 0 Å². The molecule has 2 aromatic rings. The minimum Gasteiger partial charge on any atom is -0.473 e. The van der Waals surface area contributed by atoms with Crippen molar-refractivity contribution in [2.75, 3.05) is 5.75 Å². The molecular formula is C21H23N3O3S. The molecule has 7 heteroatoms. The van der Waals surface area contributed by atoms with Gasteiger partial charge in [-0.25, -0.2) is 4.98 Å². The highest BCUT2D eigenvalue weighted by Crippen LogP contribution is 2.47. The van der Waals surface area contributed by atoms with Crippen LogP contribution in [0, 0.1) is 0 Å². The van der Waals surface area contributed by atoms with Crippen LogP contribution in [0.5, 0.6) is 5.88 Å². The zero-order valence-corrected chi connectivity index (χ0v) is 16.6. The van der Waals surface area contributed by atoms with Gasteiger partial charge in [0.05, 0.1) is 4.87 Å². The molecule has 0 aliphatic carbocycles. The lowest BCUT2D eigenvalue weighted by molar-refractivity contribution is -0.138. The molecule has 2 aliphatic heterocycles. The second-order valence-corrected chi connectivity index (χ2v) is 8.76. The minimum atomic E-state index is -0.388. The molecule has 4 rings (SSSR count). The molecule has 6 nitrogen and oxygen atoms in total. The lowest BCUT2D eigenvalue weighted by atomic mass is 10.2. The Hall–Kier alpha value is -2.54. The Morgan fingerprint density at radius 1 is 1.32 bits per heavy atom. The number of ether oxygens (including phenoxy) is 1. The number of fused-ring (bicyclic) bond motifs is 1. The second-order valence-electron chi connectivity index (χ2n) is 7.26. The Bertz CT molecular complexity index is 876. The molecule has 2 saturated heterocycles. The molecule has 2 aliphatic rings. The molecule has 0 saturated carbocycles. The molecule has 0 radical (unpaired) electrons. The summed E-state index contributed by atoms with van der Waals surface area (Å²) in [4.78, 5) is 30.6. The predicted molar refractivity (Wildman–Crippen MR) is 108 cm³/mol. The van der Waals surface area contributed by atoms with Crippen molar-refractivity contribution in [2.45, 2.75) is 43.8 Å². The van der Waals surface area contributed by atoms with E-state index in [2.05, 4.69) is 17.2 Å². The molecule has 1 aromatic heterocycles. The van der Waals surface area contributed by atoms with Crippen LogP contribution in [0.1, 0.15) is 30.9 Å². The zero-order valence-electron chi connectivity index (χ0n) is 15.8. The third-order valence-corrected chi connectivity index (χ3v) is 6.75. The maximum atomic E-state index is 12.7. The summed E-state index contributed by atoms with van der Waals surface area (Å²) in [5, 5.41) is 2.96. The van der Waals surface area contributed by atoms with E-state index in [-0.39, 0.29) is 22.7 Å². The number of benzene rings is 1. The number of rotatable bonds is 6. The van der Waals surface area contributed by atoms with Crippen LogP contribution in [0.4, 0.5) is 0 Å². The van der Waals surface area contributed by atoms with Gasteiger partial charge in [-0.05, 0) is 30.5 Å². The van der Waals surface area contributed by atoms with E-state index in [1.165, 1.54) is 0 Å². The van der Waals surface area contributed by atoms with Crippen molar-refractivity contribution in [1.29, 1.82) is 0 Å². The fraction of sp³-hybridized carbons (Fsp3) is 0.381. The third-order valence-electron chi connectivity index (χ3n) is 5.24. The number of hydrogen-bond acceptors (Lipinski definition) is 5. The van der Waals surface area contributed by atoms with Gasteiger partial charge in [-0.1, -0.05) is 30.3 Å². The van der Waals surface area contributed by atoms with Crippen LogP contribution in [0.3, 0.4) is 0 Å². The summed E-state index contributed by atoms with van der Waals surface area (Å²) >= 11 is 1.70. The molecule has 0 spiro atoms. The smallest absolute Gasteiger partial charge is 0.243 e. The van der Waals surface area contributed by atoms with Crippen LogP contribution < -0.4 is 10.1 Å². The van der Waals surface area contributed by atoms with Crippen LogP contribution >= 0.6 is 11.8 Å². The Labute approximate surface area is 168 Å². The Balaban J connectivity index is 1.33. The predicted octanol–water partition coefficient (Wildman–Crippen LogP) is 2.73. The molecule has 146 valence electrons. The number of nitrogens with one attached hydrogen (secondary N) is 1. The molecule has 2 fully saturated rings. The number of pyridine rings is 1. The van der Waals surface area contributed by atoms with E-state index in [1.807, 2.05) is 42.5 Å². The summed E-state index contributed by atoms with van der Waals surface area (Å²) in [6, 6.07) is 13.2. The van der Waals surface area contributed by atoms with E-state index < -0.39 is 0 Å². The topological polar surface area (TPSA) is 71.5 Å². The first-order chi connectivity index (χ1) is 13.5. The highest BCUT2D eigenvalue weighted by atomic mass is 32.2. The zero-order chi connectivity index (χ0) is 19.6. The van der Waals surface area contributed by atoms with Crippen molar-refractivity contribution in [3.63, 3.8) is 0 Å². The highest BCUT2D eigenvalue weighted by Gasteiger charge is 2.52. The Morgan fingerprint density at radius 3 is 2.96 bits per heavy atom. The standard InChI is InChI=1S/C21H23N3O3S/c1-21-9-7-19(25)24(21)17(14-28-21)20(26)23-12-16-8-10-22-18(11-16)27-13-15-5-3-2-4-6-15/h2-6,8,10-11,17H,7,9,12-14H2,1H3,(H,23,26). The molecule has 2 amide bonds. The quantitative estimate of drug-likeness (QED) is 0.812.